The van der Waals surface area contributed by atoms with Gasteiger partial charge in [-0.2, -0.15) is 0 Å². The van der Waals surface area contributed by atoms with Crippen LogP contribution in [0.2, 0.25) is 4.34 Å². The Morgan fingerprint density at radius 1 is 1.34 bits per heavy atom. The Kier molecular flexibility index (Phi) is 8.37. The molecule has 0 saturated heterocycles. The third-order valence-electron chi connectivity index (χ3n) is 5.47. The van der Waals surface area contributed by atoms with Crippen LogP contribution in [0.15, 0.2) is 18.2 Å². The smallest absolute Gasteiger partial charge is 0.409 e. The second-order valence-electron chi connectivity index (χ2n) is 8.10. The van der Waals surface area contributed by atoms with E-state index in [1.54, 1.807) is 7.05 Å². The van der Waals surface area contributed by atoms with Crippen LogP contribution in [0.4, 0.5) is 4.79 Å². The predicted molar refractivity (Wildman–Crippen MR) is 124 cm³/mol. The molecule has 2 aromatic rings. The number of pyridine rings is 1. The van der Waals surface area contributed by atoms with Crippen LogP contribution in [0.3, 0.4) is 0 Å². The molecule has 1 N–H and O–H groups in total. The monoisotopic (exact) mass is 480 g/mol. The molecule has 9 heteroatoms. The number of rotatable bonds is 8. The third-order valence-corrected chi connectivity index (χ3v) is 6.80. The lowest BCUT2D eigenvalue weighted by molar-refractivity contribution is -0.143. The summed E-state index contributed by atoms with van der Waals surface area (Å²) in [5, 5.41) is 9.30. The Hall–Kier alpha value is -2.32. The van der Waals surface area contributed by atoms with Crippen LogP contribution >= 0.6 is 22.9 Å². The number of hydrogen-bond donors (Lipinski definition) is 1. The number of halogens is 1. The molecule has 3 rings (SSSR count). The highest BCUT2D eigenvalue weighted by atomic mass is 35.5. The number of aromatic nitrogens is 1. The van der Waals surface area contributed by atoms with E-state index < -0.39 is 5.97 Å². The summed E-state index contributed by atoms with van der Waals surface area (Å²) in [6, 6.07) is 5.60. The molecule has 1 fully saturated rings. The molecule has 174 valence electrons. The Morgan fingerprint density at radius 2 is 2.12 bits per heavy atom. The molecule has 2 aromatic heterocycles. The fourth-order valence-corrected chi connectivity index (χ4v) is 5.04. The Morgan fingerprint density at radius 3 is 2.81 bits per heavy atom. The van der Waals surface area contributed by atoms with Gasteiger partial charge in [0.05, 0.1) is 45.8 Å². The average Bonchev–Trinajstić information content (AvgIpc) is 3.13. The zero-order chi connectivity index (χ0) is 23.3. The normalized spacial score (nSPS) is 18.2. The first-order valence-corrected chi connectivity index (χ1v) is 12.0. The summed E-state index contributed by atoms with van der Waals surface area (Å²) in [4.78, 5) is 30.6. The number of hydrogen-bond acceptors (Lipinski definition) is 6. The zero-order valence-electron chi connectivity index (χ0n) is 18.6. The minimum absolute atomic E-state index is 0.120. The van der Waals surface area contributed by atoms with Gasteiger partial charge in [0.15, 0.2) is 0 Å². The van der Waals surface area contributed by atoms with Gasteiger partial charge in [-0.15, -0.1) is 11.3 Å². The molecule has 1 amide bonds. The number of carbonyl (C=O) groups is 2. The van der Waals surface area contributed by atoms with Crippen LogP contribution < -0.4 is 4.74 Å². The summed E-state index contributed by atoms with van der Waals surface area (Å²) in [7, 11) is 1.69. The summed E-state index contributed by atoms with van der Waals surface area (Å²) in [5.41, 5.74) is 2.38. The van der Waals surface area contributed by atoms with Gasteiger partial charge >= 0.3 is 12.1 Å². The van der Waals surface area contributed by atoms with Crippen molar-refractivity contribution >= 4 is 35.0 Å². The van der Waals surface area contributed by atoms with Crippen molar-refractivity contribution in [1.29, 1.82) is 0 Å². The van der Waals surface area contributed by atoms with E-state index in [0.717, 1.165) is 41.1 Å². The molecular formula is C23H29ClN2O5S. The molecule has 0 spiro atoms. The van der Waals surface area contributed by atoms with E-state index in [2.05, 4.69) is 0 Å². The first-order valence-electron chi connectivity index (χ1n) is 10.8. The van der Waals surface area contributed by atoms with Gasteiger partial charge in [-0.3, -0.25) is 4.79 Å². The Balaban J connectivity index is 1.73. The molecule has 1 saturated carbocycles. The summed E-state index contributed by atoms with van der Waals surface area (Å²) < 4.78 is 11.9. The van der Waals surface area contributed by atoms with Gasteiger partial charge in [-0.1, -0.05) is 18.5 Å². The van der Waals surface area contributed by atoms with Gasteiger partial charge in [0.25, 0.3) is 0 Å². The molecule has 32 heavy (non-hydrogen) atoms. The second-order valence-corrected chi connectivity index (χ2v) is 9.78. The molecule has 0 radical (unpaired) electrons. The van der Waals surface area contributed by atoms with Gasteiger partial charge in [0.2, 0.25) is 0 Å². The van der Waals surface area contributed by atoms with Crippen LogP contribution in [0.25, 0.3) is 10.6 Å². The number of amides is 1. The SMILES string of the molecule is CCCOC(=O)N(C)Cc1cc(Cl)sc1-c1ccc(O[C@H]2CCC[C@H](C(=O)O)C2)c(C)n1. The van der Waals surface area contributed by atoms with Crippen molar-refractivity contribution in [3.8, 4) is 16.3 Å². The van der Waals surface area contributed by atoms with E-state index in [-0.39, 0.29) is 18.1 Å². The maximum Gasteiger partial charge on any atom is 0.409 e. The van der Waals surface area contributed by atoms with E-state index in [1.807, 2.05) is 32.0 Å². The van der Waals surface area contributed by atoms with Gasteiger partial charge in [0.1, 0.15) is 5.75 Å². The summed E-state index contributed by atoms with van der Waals surface area (Å²) >= 11 is 7.70. The van der Waals surface area contributed by atoms with Crippen LogP contribution in [0.1, 0.15) is 50.3 Å². The maximum atomic E-state index is 12.1. The van der Waals surface area contributed by atoms with Crippen molar-refractivity contribution in [3.05, 3.63) is 33.8 Å². The zero-order valence-corrected chi connectivity index (χ0v) is 20.2. The Bertz CT molecular complexity index is 964. The number of carboxylic acid groups (broad SMARTS) is 1. The molecule has 0 aliphatic heterocycles. The van der Waals surface area contributed by atoms with Gasteiger partial charge in [0, 0.05) is 7.05 Å². The van der Waals surface area contributed by atoms with Crippen LogP contribution in [-0.4, -0.2) is 46.8 Å². The van der Waals surface area contributed by atoms with Crippen molar-refractivity contribution in [3.63, 3.8) is 0 Å². The van der Waals surface area contributed by atoms with Crippen molar-refractivity contribution in [1.82, 2.24) is 9.88 Å². The van der Waals surface area contributed by atoms with E-state index in [1.165, 1.54) is 16.2 Å². The topological polar surface area (TPSA) is 89.0 Å². The first-order chi connectivity index (χ1) is 15.3. The summed E-state index contributed by atoms with van der Waals surface area (Å²) in [5.74, 6) is -0.443. The highest BCUT2D eigenvalue weighted by Crippen LogP contribution is 2.37. The standard InChI is InChI=1S/C23H29ClN2O5S/c1-4-10-30-23(29)26(3)13-16-12-20(24)32-21(16)18-8-9-19(14(2)25-18)31-17-7-5-6-15(11-17)22(27)28/h8-9,12,15,17H,4-7,10-11,13H2,1-3H3,(H,27,28)/t15-,17-/m0/s1. The van der Waals surface area contributed by atoms with Crippen molar-refractivity contribution in [2.24, 2.45) is 5.92 Å². The number of nitrogens with zero attached hydrogens (tertiary/aromatic N) is 2. The molecular weight excluding hydrogens is 452 g/mol. The lowest BCUT2D eigenvalue weighted by Gasteiger charge is -2.27. The van der Waals surface area contributed by atoms with E-state index in [9.17, 15) is 14.7 Å². The number of aryl methyl sites for hydroxylation is 1. The van der Waals surface area contributed by atoms with E-state index in [4.69, 9.17) is 26.1 Å². The highest BCUT2D eigenvalue weighted by Gasteiger charge is 2.28. The van der Waals surface area contributed by atoms with Gasteiger partial charge in [-0.25, -0.2) is 9.78 Å². The lowest BCUT2D eigenvalue weighted by atomic mass is 9.87. The largest absolute Gasteiger partial charge is 0.489 e. The molecule has 0 bridgehead atoms. The number of carbonyl (C=O) groups excluding carboxylic acids is 1. The Labute approximate surface area is 197 Å². The molecule has 2 atom stereocenters. The van der Waals surface area contributed by atoms with Crippen LogP contribution in [0, 0.1) is 12.8 Å². The molecule has 2 heterocycles. The summed E-state index contributed by atoms with van der Waals surface area (Å²) in [6.07, 6.45) is 3.18. The van der Waals surface area contributed by atoms with Gasteiger partial charge < -0.3 is 19.5 Å². The molecule has 0 unspecified atom stereocenters. The molecule has 0 aromatic carbocycles. The predicted octanol–water partition coefficient (Wildman–Crippen LogP) is 5.77. The minimum atomic E-state index is -0.755. The third kappa shape index (κ3) is 6.13. The minimum Gasteiger partial charge on any atom is -0.489 e. The fourth-order valence-electron chi connectivity index (χ4n) is 3.80. The van der Waals surface area contributed by atoms with E-state index in [0.29, 0.717) is 36.1 Å². The molecule has 1 aliphatic carbocycles. The first kappa shape index (κ1) is 24.3. The quantitative estimate of drug-likeness (QED) is 0.515. The fraction of sp³-hybridized carbons (Fsp3) is 0.522. The number of thiophene rings is 1. The van der Waals surface area contributed by atoms with Crippen molar-refractivity contribution < 1.29 is 24.2 Å². The van der Waals surface area contributed by atoms with E-state index >= 15 is 0 Å². The lowest BCUT2D eigenvalue weighted by Crippen LogP contribution is -2.29. The average molecular weight is 481 g/mol. The van der Waals surface area contributed by atoms with Crippen LogP contribution in [-0.2, 0) is 16.1 Å². The van der Waals surface area contributed by atoms with Crippen LogP contribution in [0.5, 0.6) is 5.75 Å². The second kappa shape index (κ2) is 11.0. The molecule has 7 nitrogen and oxygen atoms in total. The number of aliphatic carboxylic acids is 1. The summed E-state index contributed by atoms with van der Waals surface area (Å²) in [6.45, 7) is 4.57. The van der Waals surface area contributed by atoms with Crippen molar-refractivity contribution in [2.75, 3.05) is 13.7 Å². The molecule has 1 aliphatic rings. The maximum absolute atomic E-state index is 12.1. The number of ether oxygens (including phenoxy) is 2. The highest BCUT2D eigenvalue weighted by molar-refractivity contribution is 7.19. The van der Waals surface area contributed by atoms with Gasteiger partial charge in [-0.05, 0) is 62.8 Å². The van der Waals surface area contributed by atoms with Crippen molar-refractivity contribution in [2.45, 2.75) is 58.6 Å². The number of carboxylic acids is 1.